The second-order valence-corrected chi connectivity index (χ2v) is 13.9. The molecule has 2 aromatic carbocycles. The summed E-state index contributed by atoms with van der Waals surface area (Å²) in [6, 6.07) is 12.0. The molecule has 7 rings (SSSR count). The van der Waals surface area contributed by atoms with E-state index in [9.17, 15) is 19.2 Å². The molecule has 3 saturated heterocycles. The van der Waals surface area contributed by atoms with E-state index < -0.39 is 18.0 Å². The van der Waals surface area contributed by atoms with E-state index in [1.807, 2.05) is 47.1 Å². The molecule has 1 atom stereocenters. The molecule has 4 aliphatic rings. The molecule has 3 fully saturated rings. The number of hydrogen-bond acceptors (Lipinski definition) is 8. The summed E-state index contributed by atoms with van der Waals surface area (Å²) in [6.45, 7) is 8.15. The molecule has 0 unspecified atom stereocenters. The number of amides is 4. The Hall–Kier alpha value is -4.36. The third kappa shape index (κ3) is 7.04. The first-order chi connectivity index (χ1) is 23.7. The number of aromatic nitrogens is 1. The maximum atomic E-state index is 14.1. The first-order valence-corrected chi connectivity index (χ1v) is 17.7. The number of rotatable bonds is 6. The first kappa shape index (κ1) is 33.2. The Bertz CT molecular complexity index is 1750. The van der Waals surface area contributed by atoms with Crippen LogP contribution in [0.5, 0.6) is 0 Å². The average molecular weight is 674 g/mol. The summed E-state index contributed by atoms with van der Waals surface area (Å²) in [4.78, 5) is 61.0. The zero-order chi connectivity index (χ0) is 34.1. The fourth-order valence-electron chi connectivity index (χ4n) is 8.07. The van der Waals surface area contributed by atoms with Crippen molar-refractivity contribution in [3.05, 3.63) is 63.6 Å². The van der Waals surface area contributed by atoms with E-state index in [4.69, 9.17) is 9.15 Å². The largest absolute Gasteiger partial charge is 0.436 e. The van der Waals surface area contributed by atoms with E-state index in [2.05, 4.69) is 15.5 Å². The Morgan fingerprint density at radius 2 is 1.65 bits per heavy atom. The van der Waals surface area contributed by atoms with Gasteiger partial charge in [0.2, 0.25) is 0 Å². The number of urea groups is 1. The number of benzene rings is 2. The minimum Gasteiger partial charge on any atom is -0.436 e. The van der Waals surface area contributed by atoms with Gasteiger partial charge in [-0.15, -0.1) is 0 Å². The van der Waals surface area contributed by atoms with Crippen LogP contribution in [0.1, 0.15) is 42.4 Å². The second-order valence-electron chi connectivity index (χ2n) is 13.9. The topological polar surface area (TPSA) is 133 Å². The number of piperazine rings is 1. The van der Waals surface area contributed by atoms with Crippen molar-refractivity contribution in [3.8, 4) is 0 Å². The number of piperidine rings is 2. The normalized spacial score (nSPS) is 20.5. The smallest absolute Gasteiger partial charge is 0.419 e. The molecule has 3 aromatic rings. The van der Waals surface area contributed by atoms with E-state index >= 15 is 0 Å². The predicted molar refractivity (Wildman–Crippen MR) is 185 cm³/mol. The van der Waals surface area contributed by atoms with Crippen molar-refractivity contribution >= 4 is 34.8 Å². The van der Waals surface area contributed by atoms with E-state index in [0.717, 1.165) is 67.8 Å². The minimum atomic E-state index is -1.03. The molecule has 13 nitrogen and oxygen atoms in total. The lowest BCUT2D eigenvalue weighted by Crippen LogP contribution is -2.56. The van der Waals surface area contributed by atoms with Gasteiger partial charge in [-0.05, 0) is 80.9 Å². The van der Waals surface area contributed by atoms with Gasteiger partial charge in [-0.1, -0.05) is 24.3 Å². The molecule has 0 spiro atoms. The van der Waals surface area contributed by atoms with Gasteiger partial charge in [-0.3, -0.25) is 14.3 Å². The molecule has 5 heterocycles. The molecule has 262 valence electrons. The minimum absolute atomic E-state index is 0.00210. The number of likely N-dealkylation sites (tertiary alicyclic amines) is 1. The zero-order valence-electron chi connectivity index (χ0n) is 28.5. The standard InChI is InChI=1S/C36H47N7O6/c1-24-21-25(22-30-32(24)39(2)35(46)48-30)23-31(33(44)41-19-17-40(18-20-41)27-7-12-37-13-8-27)49-36(47)42-14-10-28(11-15-42)43-16-9-26-5-3-4-6-29(26)38-34(43)45/h3-6,21-22,27-28,31,37H,7-20,23H2,1-2H3,(H,38,45)/t31-/m1/s1. The highest BCUT2D eigenvalue weighted by Gasteiger charge is 2.36. The lowest BCUT2D eigenvalue weighted by Gasteiger charge is -2.41. The van der Waals surface area contributed by atoms with E-state index in [1.165, 1.54) is 4.57 Å². The van der Waals surface area contributed by atoms with Crippen LogP contribution in [0.3, 0.4) is 0 Å². The van der Waals surface area contributed by atoms with Gasteiger partial charge < -0.3 is 34.5 Å². The van der Waals surface area contributed by atoms with Gasteiger partial charge in [0.15, 0.2) is 11.7 Å². The molecular formula is C36H47N7O6. The SMILES string of the molecule is Cc1cc(C[C@@H](OC(=O)N2CCC(N3CCc4ccccc4NC3=O)CC2)C(=O)N2CCN(C3CCNCC3)CC2)cc2oc(=O)n(C)c12. The fraction of sp³-hybridized carbons (Fsp3) is 0.556. The number of ether oxygens (including phenoxy) is 1. The molecule has 0 saturated carbocycles. The Morgan fingerprint density at radius 1 is 0.918 bits per heavy atom. The molecule has 1 aromatic heterocycles. The van der Waals surface area contributed by atoms with Gasteiger partial charge in [-0.25, -0.2) is 14.4 Å². The predicted octanol–water partition coefficient (Wildman–Crippen LogP) is 2.94. The maximum absolute atomic E-state index is 14.1. The number of aryl methyl sites for hydroxylation is 2. The fourth-order valence-corrected chi connectivity index (χ4v) is 8.07. The van der Waals surface area contributed by atoms with Crippen LogP contribution >= 0.6 is 0 Å². The number of carbonyl (C=O) groups is 3. The second kappa shape index (κ2) is 14.2. The maximum Gasteiger partial charge on any atom is 0.419 e. The van der Waals surface area contributed by atoms with Crippen LogP contribution in [0, 0.1) is 6.92 Å². The van der Waals surface area contributed by atoms with Gasteiger partial charge in [0.25, 0.3) is 5.91 Å². The number of fused-ring (bicyclic) bond motifs is 2. The molecule has 0 radical (unpaired) electrons. The van der Waals surface area contributed by atoms with Crippen LogP contribution in [0.15, 0.2) is 45.6 Å². The van der Waals surface area contributed by atoms with Crippen molar-refractivity contribution in [3.63, 3.8) is 0 Å². The molecule has 0 aliphatic carbocycles. The molecule has 2 N–H and O–H groups in total. The van der Waals surface area contributed by atoms with E-state index in [-0.39, 0.29) is 24.4 Å². The van der Waals surface area contributed by atoms with E-state index in [1.54, 1.807) is 18.0 Å². The third-order valence-corrected chi connectivity index (χ3v) is 10.8. The van der Waals surface area contributed by atoms with Gasteiger partial charge in [0.1, 0.15) is 0 Å². The summed E-state index contributed by atoms with van der Waals surface area (Å²) in [5.74, 6) is -0.659. The van der Waals surface area contributed by atoms with Crippen LogP contribution in [0.2, 0.25) is 0 Å². The van der Waals surface area contributed by atoms with Gasteiger partial charge in [0.05, 0.1) is 5.52 Å². The summed E-state index contributed by atoms with van der Waals surface area (Å²) in [5, 5.41) is 6.47. The van der Waals surface area contributed by atoms with Gasteiger partial charge >= 0.3 is 17.9 Å². The third-order valence-electron chi connectivity index (χ3n) is 10.8. The highest BCUT2D eigenvalue weighted by atomic mass is 16.6. The number of para-hydroxylation sites is 1. The van der Waals surface area contributed by atoms with Crippen LogP contribution in [-0.4, -0.2) is 119 Å². The van der Waals surface area contributed by atoms with Crippen molar-refractivity contribution < 1.29 is 23.5 Å². The van der Waals surface area contributed by atoms with Crippen LogP contribution < -0.4 is 16.4 Å². The Morgan fingerprint density at radius 3 is 2.41 bits per heavy atom. The molecule has 13 heteroatoms. The summed E-state index contributed by atoms with van der Waals surface area (Å²) < 4.78 is 13.0. The highest BCUT2D eigenvalue weighted by molar-refractivity contribution is 5.91. The van der Waals surface area contributed by atoms with Crippen LogP contribution in [-0.2, 0) is 29.4 Å². The van der Waals surface area contributed by atoms with Crippen molar-refractivity contribution in [1.82, 2.24) is 29.5 Å². The van der Waals surface area contributed by atoms with Crippen LogP contribution in [0.4, 0.5) is 15.3 Å². The molecule has 4 aliphatic heterocycles. The van der Waals surface area contributed by atoms with Crippen LogP contribution in [0.25, 0.3) is 11.1 Å². The lowest BCUT2D eigenvalue weighted by molar-refractivity contribution is -0.143. The van der Waals surface area contributed by atoms with Crippen molar-refractivity contribution in [2.75, 3.05) is 64.2 Å². The van der Waals surface area contributed by atoms with Crippen molar-refractivity contribution in [1.29, 1.82) is 0 Å². The number of hydrogen-bond donors (Lipinski definition) is 2. The quantitative estimate of drug-likeness (QED) is 0.409. The van der Waals surface area contributed by atoms with Gasteiger partial charge in [0, 0.05) is 77.1 Å². The van der Waals surface area contributed by atoms with Crippen molar-refractivity contribution in [2.24, 2.45) is 7.05 Å². The number of nitrogens with one attached hydrogen (secondary N) is 2. The number of carbonyl (C=O) groups excluding carboxylic acids is 3. The molecule has 4 amide bonds. The monoisotopic (exact) mass is 673 g/mol. The summed E-state index contributed by atoms with van der Waals surface area (Å²) in [7, 11) is 1.67. The highest BCUT2D eigenvalue weighted by Crippen LogP contribution is 2.26. The number of nitrogens with zero attached hydrogens (tertiary/aromatic N) is 5. The Labute approximate surface area is 286 Å². The average Bonchev–Trinajstić information content (AvgIpc) is 3.30. The van der Waals surface area contributed by atoms with Crippen molar-refractivity contribution in [2.45, 2.75) is 63.6 Å². The zero-order valence-corrected chi connectivity index (χ0v) is 28.5. The number of oxazole rings is 1. The summed E-state index contributed by atoms with van der Waals surface area (Å²) in [5.41, 5.74) is 4.71. The summed E-state index contributed by atoms with van der Waals surface area (Å²) >= 11 is 0. The van der Waals surface area contributed by atoms with E-state index in [0.29, 0.717) is 62.7 Å². The molecule has 49 heavy (non-hydrogen) atoms. The molecular weight excluding hydrogens is 626 g/mol. The summed E-state index contributed by atoms with van der Waals surface area (Å²) in [6.07, 6.45) is 2.85. The number of anilines is 1. The Balaban J connectivity index is 1.02. The molecule has 0 bridgehead atoms. The first-order valence-electron chi connectivity index (χ1n) is 17.7. The lowest BCUT2D eigenvalue weighted by atomic mass is 10.0. The Kier molecular flexibility index (Phi) is 9.64. The van der Waals surface area contributed by atoms with Gasteiger partial charge in [-0.2, -0.15) is 0 Å².